The summed E-state index contributed by atoms with van der Waals surface area (Å²) in [5.74, 6) is 1.06. The van der Waals surface area contributed by atoms with Gasteiger partial charge in [0.05, 0.1) is 5.60 Å². The van der Waals surface area contributed by atoms with E-state index < -0.39 is 5.60 Å². The molecule has 0 spiro atoms. The van der Waals surface area contributed by atoms with Crippen molar-refractivity contribution in [3.8, 4) is 0 Å². The molecule has 1 nitrogen and oxygen atoms in total. The molecule has 0 aromatic heterocycles. The highest BCUT2D eigenvalue weighted by Gasteiger charge is 2.30. The maximum atomic E-state index is 10.4. The summed E-state index contributed by atoms with van der Waals surface area (Å²) in [5.41, 5.74) is -0.460. The second-order valence-corrected chi connectivity index (χ2v) is 5.20. The molecule has 0 bridgehead atoms. The minimum absolute atomic E-state index is 0.460. The Morgan fingerprint density at radius 1 is 1.21 bits per heavy atom. The lowest BCUT2D eigenvalue weighted by Crippen LogP contribution is -2.35. The lowest BCUT2D eigenvalue weighted by Gasteiger charge is -2.34. The predicted molar refractivity (Wildman–Crippen MR) is 63.4 cm³/mol. The normalized spacial score (nSPS) is 18.2. The summed E-state index contributed by atoms with van der Waals surface area (Å²) in [5, 5.41) is 10.4. The Bertz CT molecular complexity index is 138. The summed E-state index contributed by atoms with van der Waals surface area (Å²) in [6, 6.07) is 0. The van der Waals surface area contributed by atoms with Gasteiger partial charge in [0, 0.05) is 0 Å². The van der Waals surface area contributed by atoms with Crippen molar-refractivity contribution in [3.05, 3.63) is 0 Å². The van der Waals surface area contributed by atoms with E-state index in [1.54, 1.807) is 0 Å². The van der Waals surface area contributed by atoms with Crippen molar-refractivity contribution in [2.75, 3.05) is 0 Å². The van der Waals surface area contributed by atoms with Crippen molar-refractivity contribution in [3.63, 3.8) is 0 Å². The van der Waals surface area contributed by atoms with Crippen LogP contribution in [0.3, 0.4) is 0 Å². The van der Waals surface area contributed by atoms with E-state index in [1.807, 2.05) is 6.92 Å². The van der Waals surface area contributed by atoms with Crippen molar-refractivity contribution in [2.45, 2.75) is 72.3 Å². The van der Waals surface area contributed by atoms with Gasteiger partial charge >= 0.3 is 0 Å². The standard InChI is InChI=1S/C13H28O/c1-6-8-9-12(7-2)13(5,14)10-11(3)4/h11-12,14H,6-10H2,1-5H3. The van der Waals surface area contributed by atoms with E-state index in [0.29, 0.717) is 11.8 Å². The first-order valence-corrected chi connectivity index (χ1v) is 6.16. The van der Waals surface area contributed by atoms with Gasteiger partial charge in [-0.25, -0.2) is 0 Å². The minimum atomic E-state index is -0.460. The van der Waals surface area contributed by atoms with E-state index in [4.69, 9.17) is 0 Å². The fraction of sp³-hybridized carbons (Fsp3) is 1.00. The van der Waals surface area contributed by atoms with Crippen LogP contribution in [0.15, 0.2) is 0 Å². The average molecular weight is 200 g/mol. The molecule has 0 aromatic rings. The number of rotatable bonds is 7. The smallest absolute Gasteiger partial charge is 0.0650 e. The summed E-state index contributed by atoms with van der Waals surface area (Å²) in [6.07, 6.45) is 5.67. The van der Waals surface area contributed by atoms with E-state index in [1.165, 1.54) is 19.3 Å². The fourth-order valence-corrected chi connectivity index (χ4v) is 2.40. The maximum Gasteiger partial charge on any atom is 0.0650 e. The van der Waals surface area contributed by atoms with Crippen LogP contribution in [0, 0.1) is 11.8 Å². The quantitative estimate of drug-likeness (QED) is 0.658. The van der Waals surface area contributed by atoms with Crippen LogP contribution in [-0.4, -0.2) is 10.7 Å². The fourth-order valence-electron chi connectivity index (χ4n) is 2.40. The van der Waals surface area contributed by atoms with Crippen molar-refractivity contribution in [1.82, 2.24) is 0 Å². The van der Waals surface area contributed by atoms with Gasteiger partial charge in [-0.3, -0.25) is 0 Å². The van der Waals surface area contributed by atoms with Gasteiger partial charge in [-0.1, -0.05) is 47.0 Å². The number of aliphatic hydroxyl groups is 1. The van der Waals surface area contributed by atoms with Gasteiger partial charge in [0.25, 0.3) is 0 Å². The molecule has 86 valence electrons. The molecule has 14 heavy (non-hydrogen) atoms. The highest BCUT2D eigenvalue weighted by molar-refractivity contribution is 4.82. The molecular weight excluding hydrogens is 172 g/mol. The Kier molecular flexibility index (Phi) is 6.43. The summed E-state index contributed by atoms with van der Waals surface area (Å²) in [7, 11) is 0. The number of unbranched alkanes of at least 4 members (excludes halogenated alkanes) is 1. The molecule has 0 fully saturated rings. The molecule has 0 saturated carbocycles. The molecule has 0 radical (unpaired) electrons. The third kappa shape index (κ3) is 4.99. The van der Waals surface area contributed by atoms with Gasteiger partial charge in [0.15, 0.2) is 0 Å². The van der Waals surface area contributed by atoms with Crippen LogP contribution in [-0.2, 0) is 0 Å². The summed E-state index contributed by atoms with van der Waals surface area (Å²) in [6.45, 7) is 10.8. The number of hydrogen-bond acceptors (Lipinski definition) is 1. The zero-order valence-corrected chi connectivity index (χ0v) is 10.6. The van der Waals surface area contributed by atoms with Gasteiger partial charge in [0.2, 0.25) is 0 Å². The van der Waals surface area contributed by atoms with E-state index >= 15 is 0 Å². The largest absolute Gasteiger partial charge is 0.390 e. The van der Waals surface area contributed by atoms with Crippen LogP contribution in [0.25, 0.3) is 0 Å². The topological polar surface area (TPSA) is 20.2 Å². The second-order valence-electron chi connectivity index (χ2n) is 5.20. The van der Waals surface area contributed by atoms with Gasteiger partial charge in [-0.05, 0) is 31.6 Å². The first kappa shape index (κ1) is 14.0. The van der Waals surface area contributed by atoms with Crippen LogP contribution in [0.1, 0.15) is 66.7 Å². The molecule has 2 atom stereocenters. The SMILES string of the molecule is CCCCC(CC)C(C)(O)CC(C)C. The molecule has 0 amide bonds. The molecule has 0 heterocycles. The Labute approximate surface area is 89.9 Å². The minimum Gasteiger partial charge on any atom is -0.390 e. The highest BCUT2D eigenvalue weighted by Crippen LogP contribution is 2.31. The molecule has 0 saturated heterocycles. The monoisotopic (exact) mass is 200 g/mol. The third-order valence-electron chi connectivity index (χ3n) is 3.10. The molecule has 0 aromatic carbocycles. The lowest BCUT2D eigenvalue weighted by molar-refractivity contribution is -0.0245. The van der Waals surface area contributed by atoms with Gasteiger partial charge in [0.1, 0.15) is 0 Å². The van der Waals surface area contributed by atoms with Crippen LogP contribution in [0.2, 0.25) is 0 Å². The van der Waals surface area contributed by atoms with E-state index in [-0.39, 0.29) is 0 Å². The van der Waals surface area contributed by atoms with E-state index in [0.717, 1.165) is 12.8 Å². The van der Waals surface area contributed by atoms with Crippen LogP contribution in [0.4, 0.5) is 0 Å². The molecule has 1 N–H and O–H groups in total. The first-order valence-electron chi connectivity index (χ1n) is 6.16. The molecular formula is C13H28O. The molecule has 2 unspecified atom stereocenters. The molecule has 1 heteroatoms. The predicted octanol–water partition coefficient (Wildman–Crippen LogP) is 4.00. The first-order chi connectivity index (χ1) is 6.44. The van der Waals surface area contributed by atoms with Crippen LogP contribution >= 0.6 is 0 Å². The second kappa shape index (κ2) is 6.44. The molecule has 0 aliphatic rings. The third-order valence-corrected chi connectivity index (χ3v) is 3.10. The Morgan fingerprint density at radius 3 is 2.14 bits per heavy atom. The average Bonchev–Trinajstić information content (AvgIpc) is 2.02. The van der Waals surface area contributed by atoms with Crippen LogP contribution < -0.4 is 0 Å². The van der Waals surface area contributed by atoms with Crippen LogP contribution in [0.5, 0.6) is 0 Å². The summed E-state index contributed by atoms with van der Waals surface area (Å²) < 4.78 is 0. The zero-order chi connectivity index (χ0) is 11.2. The van der Waals surface area contributed by atoms with E-state index in [9.17, 15) is 5.11 Å². The van der Waals surface area contributed by atoms with E-state index in [2.05, 4.69) is 27.7 Å². The summed E-state index contributed by atoms with van der Waals surface area (Å²) in [4.78, 5) is 0. The van der Waals surface area contributed by atoms with Crippen molar-refractivity contribution in [1.29, 1.82) is 0 Å². The Hall–Kier alpha value is -0.0400. The van der Waals surface area contributed by atoms with Gasteiger partial charge in [-0.15, -0.1) is 0 Å². The molecule has 0 aliphatic heterocycles. The van der Waals surface area contributed by atoms with Crippen molar-refractivity contribution < 1.29 is 5.11 Å². The zero-order valence-electron chi connectivity index (χ0n) is 10.6. The lowest BCUT2D eigenvalue weighted by atomic mass is 9.78. The number of hydrogen-bond donors (Lipinski definition) is 1. The van der Waals surface area contributed by atoms with Crippen molar-refractivity contribution in [2.24, 2.45) is 11.8 Å². The highest BCUT2D eigenvalue weighted by atomic mass is 16.3. The molecule has 0 aliphatic carbocycles. The maximum absolute atomic E-state index is 10.4. The van der Waals surface area contributed by atoms with Gasteiger partial charge in [-0.2, -0.15) is 0 Å². The van der Waals surface area contributed by atoms with Gasteiger partial charge < -0.3 is 5.11 Å². The molecule has 0 rings (SSSR count). The van der Waals surface area contributed by atoms with Crippen molar-refractivity contribution >= 4 is 0 Å². The summed E-state index contributed by atoms with van der Waals surface area (Å²) >= 11 is 0. The Morgan fingerprint density at radius 2 is 1.79 bits per heavy atom. The Balaban J connectivity index is 4.17.